The molecule has 1 rings (SSSR count). The van der Waals surface area contributed by atoms with Gasteiger partial charge in [0.05, 0.1) is 0 Å². The van der Waals surface area contributed by atoms with E-state index < -0.39 is 0 Å². The van der Waals surface area contributed by atoms with E-state index in [1.165, 1.54) is 44.9 Å². The topological polar surface area (TPSA) is 12.0 Å². The molecule has 0 amide bonds. The van der Waals surface area contributed by atoms with Crippen LogP contribution >= 0.6 is 12.4 Å². The summed E-state index contributed by atoms with van der Waals surface area (Å²) in [6, 6.07) is 0.820. The molecular weight excluding hydrogens is 158 g/mol. The zero-order valence-corrected chi connectivity index (χ0v) is 8.25. The lowest BCUT2D eigenvalue weighted by Gasteiger charge is -2.18. The molecule has 1 N–H and O–H groups in total. The second kappa shape index (κ2) is 6.93. The number of halogens is 1. The molecule has 11 heavy (non-hydrogen) atoms. The molecular formula is C9H20ClN. The summed E-state index contributed by atoms with van der Waals surface area (Å²) in [6.07, 6.45) is 10.1. The maximum atomic E-state index is 3.37. The van der Waals surface area contributed by atoms with Crippen LogP contribution in [0.25, 0.3) is 0 Å². The Labute approximate surface area is 76.4 Å². The minimum atomic E-state index is 0. The van der Waals surface area contributed by atoms with Gasteiger partial charge in [0, 0.05) is 6.04 Å². The van der Waals surface area contributed by atoms with Crippen molar-refractivity contribution in [2.45, 2.75) is 51.0 Å². The molecule has 0 atom stereocenters. The molecule has 0 heterocycles. The van der Waals surface area contributed by atoms with E-state index in [4.69, 9.17) is 0 Å². The van der Waals surface area contributed by atoms with Crippen LogP contribution in [0.4, 0.5) is 0 Å². The van der Waals surface area contributed by atoms with Crippen LogP contribution in [-0.2, 0) is 0 Å². The molecule has 0 unspecified atom stereocenters. The quantitative estimate of drug-likeness (QED) is 0.650. The van der Waals surface area contributed by atoms with Crippen LogP contribution in [0.2, 0.25) is 0 Å². The van der Waals surface area contributed by atoms with Crippen molar-refractivity contribution in [3.05, 3.63) is 0 Å². The van der Waals surface area contributed by atoms with Crippen molar-refractivity contribution in [1.82, 2.24) is 5.32 Å². The van der Waals surface area contributed by atoms with Crippen LogP contribution in [0, 0.1) is 0 Å². The summed E-state index contributed by atoms with van der Waals surface area (Å²) < 4.78 is 0. The molecule has 1 saturated carbocycles. The van der Waals surface area contributed by atoms with E-state index in [1.807, 2.05) is 0 Å². The summed E-state index contributed by atoms with van der Waals surface area (Å²) >= 11 is 0. The van der Waals surface area contributed by atoms with Gasteiger partial charge in [-0.3, -0.25) is 0 Å². The molecule has 2 heteroatoms. The van der Waals surface area contributed by atoms with E-state index >= 15 is 0 Å². The van der Waals surface area contributed by atoms with E-state index in [-0.39, 0.29) is 12.4 Å². The van der Waals surface area contributed by atoms with Gasteiger partial charge in [-0.05, 0) is 19.9 Å². The van der Waals surface area contributed by atoms with E-state index in [9.17, 15) is 0 Å². The average molecular weight is 178 g/mol. The molecule has 68 valence electrons. The van der Waals surface area contributed by atoms with Crippen LogP contribution in [0.3, 0.4) is 0 Å². The Morgan fingerprint density at radius 3 is 1.82 bits per heavy atom. The molecule has 0 saturated heterocycles. The molecule has 0 aromatic heterocycles. The molecule has 0 spiro atoms. The second-order valence-corrected chi connectivity index (χ2v) is 3.33. The summed E-state index contributed by atoms with van der Waals surface area (Å²) in [4.78, 5) is 0. The Morgan fingerprint density at radius 1 is 0.909 bits per heavy atom. The second-order valence-electron chi connectivity index (χ2n) is 3.33. The largest absolute Gasteiger partial charge is 0.317 e. The van der Waals surface area contributed by atoms with Crippen molar-refractivity contribution in [2.24, 2.45) is 0 Å². The first kappa shape index (κ1) is 11.2. The average Bonchev–Trinajstić information content (AvgIpc) is 1.87. The fourth-order valence-electron chi connectivity index (χ4n) is 1.74. The minimum absolute atomic E-state index is 0. The summed E-state index contributed by atoms with van der Waals surface area (Å²) in [5.74, 6) is 0. The minimum Gasteiger partial charge on any atom is -0.317 e. The number of nitrogens with one attached hydrogen (secondary N) is 1. The first-order chi connectivity index (χ1) is 4.93. The van der Waals surface area contributed by atoms with Gasteiger partial charge in [0.25, 0.3) is 0 Å². The monoisotopic (exact) mass is 177 g/mol. The van der Waals surface area contributed by atoms with Gasteiger partial charge in [0.15, 0.2) is 0 Å². The molecule has 1 aliphatic carbocycles. The van der Waals surface area contributed by atoms with Gasteiger partial charge in [-0.2, -0.15) is 0 Å². The third-order valence-corrected chi connectivity index (χ3v) is 2.51. The summed E-state index contributed by atoms with van der Waals surface area (Å²) in [5, 5.41) is 3.37. The van der Waals surface area contributed by atoms with Gasteiger partial charge < -0.3 is 5.32 Å². The molecule has 1 aliphatic rings. The third kappa shape index (κ3) is 4.65. The zero-order chi connectivity index (χ0) is 7.23. The molecule has 0 bridgehead atoms. The standard InChI is InChI=1S/C9H19N.ClH/c1-10-9-7-5-3-2-4-6-8-9;/h9-10H,2-8H2,1H3;1H. The summed E-state index contributed by atoms with van der Waals surface area (Å²) in [6.45, 7) is 0. The first-order valence-corrected chi connectivity index (χ1v) is 4.61. The number of hydrogen-bond acceptors (Lipinski definition) is 1. The maximum Gasteiger partial charge on any atom is 0.00640 e. The van der Waals surface area contributed by atoms with E-state index in [1.54, 1.807) is 0 Å². The van der Waals surface area contributed by atoms with Crippen LogP contribution < -0.4 is 5.32 Å². The smallest absolute Gasteiger partial charge is 0.00640 e. The van der Waals surface area contributed by atoms with Crippen molar-refractivity contribution in [2.75, 3.05) is 7.05 Å². The highest BCUT2D eigenvalue weighted by Gasteiger charge is 2.07. The van der Waals surface area contributed by atoms with Gasteiger partial charge in [0.1, 0.15) is 0 Å². The van der Waals surface area contributed by atoms with Crippen LogP contribution in [-0.4, -0.2) is 13.1 Å². The lowest BCUT2D eigenvalue weighted by molar-refractivity contribution is 0.410. The fourth-order valence-corrected chi connectivity index (χ4v) is 1.74. The summed E-state index contributed by atoms with van der Waals surface area (Å²) in [5.41, 5.74) is 0. The Kier molecular flexibility index (Phi) is 7.09. The first-order valence-electron chi connectivity index (χ1n) is 4.61. The van der Waals surface area contributed by atoms with Gasteiger partial charge in [-0.1, -0.05) is 32.1 Å². The molecule has 0 radical (unpaired) electrons. The molecule has 0 aliphatic heterocycles. The highest BCUT2D eigenvalue weighted by molar-refractivity contribution is 5.85. The van der Waals surface area contributed by atoms with E-state index in [0.29, 0.717) is 0 Å². The van der Waals surface area contributed by atoms with Gasteiger partial charge in [-0.15, -0.1) is 12.4 Å². The number of rotatable bonds is 1. The van der Waals surface area contributed by atoms with Crippen molar-refractivity contribution >= 4 is 12.4 Å². The summed E-state index contributed by atoms with van der Waals surface area (Å²) in [7, 11) is 2.09. The van der Waals surface area contributed by atoms with E-state index in [2.05, 4.69) is 12.4 Å². The van der Waals surface area contributed by atoms with Crippen molar-refractivity contribution < 1.29 is 0 Å². The van der Waals surface area contributed by atoms with Gasteiger partial charge in [0.2, 0.25) is 0 Å². The fraction of sp³-hybridized carbons (Fsp3) is 1.00. The van der Waals surface area contributed by atoms with Crippen LogP contribution in [0.15, 0.2) is 0 Å². The molecule has 0 aromatic carbocycles. The van der Waals surface area contributed by atoms with Crippen molar-refractivity contribution in [3.63, 3.8) is 0 Å². The van der Waals surface area contributed by atoms with Crippen LogP contribution in [0.1, 0.15) is 44.9 Å². The SMILES string of the molecule is CNC1CCCCCCC1.Cl. The normalized spacial score (nSPS) is 21.5. The lowest BCUT2D eigenvalue weighted by Crippen LogP contribution is -2.25. The Morgan fingerprint density at radius 2 is 1.36 bits per heavy atom. The third-order valence-electron chi connectivity index (χ3n) is 2.51. The van der Waals surface area contributed by atoms with Crippen molar-refractivity contribution in [1.29, 1.82) is 0 Å². The molecule has 1 fully saturated rings. The van der Waals surface area contributed by atoms with Gasteiger partial charge >= 0.3 is 0 Å². The zero-order valence-electron chi connectivity index (χ0n) is 7.44. The maximum absolute atomic E-state index is 3.37. The van der Waals surface area contributed by atoms with E-state index in [0.717, 1.165) is 6.04 Å². The number of hydrogen-bond donors (Lipinski definition) is 1. The predicted octanol–water partition coefficient (Wildman–Crippen LogP) is 2.74. The highest BCUT2D eigenvalue weighted by atomic mass is 35.5. The molecule has 1 nitrogen and oxygen atoms in total. The Hall–Kier alpha value is 0.250. The van der Waals surface area contributed by atoms with Gasteiger partial charge in [-0.25, -0.2) is 0 Å². The van der Waals surface area contributed by atoms with Crippen molar-refractivity contribution in [3.8, 4) is 0 Å². The Bertz CT molecular complexity index is 77.6. The predicted molar refractivity (Wildman–Crippen MR) is 52.4 cm³/mol. The van der Waals surface area contributed by atoms with Crippen LogP contribution in [0.5, 0.6) is 0 Å². The highest BCUT2D eigenvalue weighted by Crippen LogP contribution is 2.16. The molecule has 0 aromatic rings. The lowest BCUT2D eigenvalue weighted by atomic mass is 9.97. The Balaban J connectivity index is 0.000001000.